The molecule has 1 N–H and O–H groups in total. The summed E-state index contributed by atoms with van der Waals surface area (Å²) in [5.74, 6) is -0.371. The predicted octanol–water partition coefficient (Wildman–Crippen LogP) is 3.21. The van der Waals surface area contributed by atoms with Crippen LogP contribution in [0.5, 0.6) is 0 Å². The lowest BCUT2D eigenvalue weighted by molar-refractivity contribution is -0.118. The molecule has 0 saturated heterocycles. The number of hydrazone groups is 1. The van der Waals surface area contributed by atoms with Gasteiger partial charge in [-0.15, -0.1) is 11.3 Å². The first-order valence-electron chi connectivity index (χ1n) is 7.74. The maximum Gasteiger partial charge on any atom is 0.248 e. The van der Waals surface area contributed by atoms with Crippen LogP contribution in [0.1, 0.15) is 4.88 Å². The quantitative estimate of drug-likeness (QED) is 0.413. The highest BCUT2D eigenvalue weighted by molar-refractivity contribution is 7.79. The van der Waals surface area contributed by atoms with Crippen molar-refractivity contribution in [2.45, 2.75) is 0 Å². The molecule has 0 fully saturated rings. The Hall–Kier alpha value is -2.49. The normalized spacial score (nSPS) is 11.5. The lowest BCUT2D eigenvalue weighted by Gasteiger charge is -2.18. The summed E-state index contributed by atoms with van der Waals surface area (Å²) in [6.45, 7) is 0. The molecule has 2 aromatic carbocycles. The highest BCUT2D eigenvalue weighted by Gasteiger charge is 2.30. The molecule has 0 aliphatic heterocycles. The molecule has 1 heterocycles. The van der Waals surface area contributed by atoms with Crippen molar-refractivity contribution in [2.75, 3.05) is 6.16 Å². The molecule has 1 amide bonds. The Morgan fingerprint density at radius 1 is 0.960 bits per heavy atom. The van der Waals surface area contributed by atoms with E-state index in [0.29, 0.717) is 10.6 Å². The van der Waals surface area contributed by atoms with Crippen LogP contribution in [0.2, 0.25) is 0 Å². The third-order valence-electron chi connectivity index (χ3n) is 3.64. The fourth-order valence-electron chi connectivity index (χ4n) is 2.44. The van der Waals surface area contributed by atoms with Gasteiger partial charge in [0.2, 0.25) is 5.91 Å². The van der Waals surface area contributed by atoms with Crippen LogP contribution in [0.15, 0.2) is 83.3 Å². The van der Waals surface area contributed by atoms with E-state index in [0.717, 1.165) is 4.88 Å². The van der Waals surface area contributed by atoms with E-state index in [2.05, 4.69) is 10.5 Å². The monoisotopic (exact) mass is 368 g/mol. The van der Waals surface area contributed by atoms with Crippen molar-refractivity contribution >= 4 is 41.2 Å². The van der Waals surface area contributed by atoms with Crippen molar-refractivity contribution in [3.05, 3.63) is 83.1 Å². The van der Waals surface area contributed by atoms with E-state index in [-0.39, 0.29) is 12.1 Å². The molecule has 0 spiro atoms. The van der Waals surface area contributed by atoms with Crippen LogP contribution < -0.4 is 16.0 Å². The molecular weight excluding hydrogens is 351 g/mol. The number of hydrogen-bond acceptors (Lipinski definition) is 4. The maximum absolute atomic E-state index is 13.7. The third kappa shape index (κ3) is 4.32. The summed E-state index contributed by atoms with van der Waals surface area (Å²) in [5, 5.41) is 7.21. The van der Waals surface area contributed by atoms with E-state index < -0.39 is 7.14 Å². The number of carbonyl (C=O) groups excluding carboxylic acids is 1. The maximum atomic E-state index is 13.7. The molecule has 0 atom stereocenters. The first-order chi connectivity index (χ1) is 12.2. The number of hydrogen-bond donors (Lipinski definition) is 1. The first-order valence-corrected chi connectivity index (χ1v) is 10.5. The lowest BCUT2D eigenvalue weighted by atomic mass is 10.4. The molecule has 25 heavy (non-hydrogen) atoms. The van der Waals surface area contributed by atoms with Gasteiger partial charge in [0.1, 0.15) is 0 Å². The second-order valence-electron chi connectivity index (χ2n) is 5.38. The minimum absolute atomic E-state index is 0.122. The highest BCUT2D eigenvalue weighted by Crippen LogP contribution is 2.42. The predicted molar refractivity (Wildman–Crippen MR) is 105 cm³/mol. The van der Waals surface area contributed by atoms with E-state index in [1.54, 1.807) is 30.5 Å². The van der Waals surface area contributed by atoms with Crippen molar-refractivity contribution in [1.29, 1.82) is 0 Å². The Balaban J connectivity index is 1.81. The van der Waals surface area contributed by atoms with Crippen molar-refractivity contribution in [3.8, 4) is 0 Å². The number of nitrogens with one attached hydrogen (secondary N) is 1. The Morgan fingerprint density at radius 2 is 1.56 bits per heavy atom. The van der Waals surface area contributed by atoms with Crippen LogP contribution in [0.25, 0.3) is 0 Å². The second kappa shape index (κ2) is 8.06. The zero-order valence-electron chi connectivity index (χ0n) is 13.4. The molecule has 0 unspecified atom stereocenters. The van der Waals surface area contributed by atoms with E-state index in [9.17, 15) is 9.36 Å². The van der Waals surface area contributed by atoms with Crippen LogP contribution in [-0.4, -0.2) is 18.3 Å². The Morgan fingerprint density at radius 3 is 2.08 bits per heavy atom. The third-order valence-corrected chi connectivity index (χ3v) is 7.44. The van der Waals surface area contributed by atoms with Crippen LogP contribution in [-0.2, 0) is 9.36 Å². The lowest BCUT2D eigenvalue weighted by Crippen LogP contribution is -2.28. The Kier molecular flexibility index (Phi) is 5.59. The zero-order valence-corrected chi connectivity index (χ0v) is 15.1. The van der Waals surface area contributed by atoms with Crippen LogP contribution in [0.3, 0.4) is 0 Å². The zero-order chi connectivity index (χ0) is 17.5. The molecular formula is C19H17N2O2PS. The fourth-order valence-corrected chi connectivity index (χ4v) is 5.47. The minimum atomic E-state index is -3.06. The molecule has 4 nitrogen and oxygen atoms in total. The summed E-state index contributed by atoms with van der Waals surface area (Å²) in [6.07, 6.45) is 1.46. The van der Waals surface area contributed by atoms with Crippen LogP contribution >= 0.6 is 18.5 Å². The first kappa shape index (κ1) is 17.3. The van der Waals surface area contributed by atoms with Gasteiger partial charge in [-0.05, 0) is 11.4 Å². The average molecular weight is 368 g/mol. The van der Waals surface area contributed by atoms with Gasteiger partial charge in [0.05, 0.1) is 12.4 Å². The van der Waals surface area contributed by atoms with Crippen molar-refractivity contribution in [1.82, 2.24) is 5.43 Å². The molecule has 126 valence electrons. The van der Waals surface area contributed by atoms with Gasteiger partial charge in [-0.2, -0.15) is 5.10 Å². The van der Waals surface area contributed by atoms with E-state index in [4.69, 9.17) is 0 Å². The number of amides is 1. The molecule has 0 aliphatic rings. The fraction of sp³-hybridized carbons (Fsp3) is 0.0526. The largest absolute Gasteiger partial charge is 0.313 e. The van der Waals surface area contributed by atoms with Crippen molar-refractivity contribution in [2.24, 2.45) is 5.10 Å². The summed E-state index contributed by atoms with van der Waals surface area (Å²) >= 11 is 1.53. The molecule has 1 aromatic heterocycles. The average Bonchev–Trinajstić information content (AvgIpc) is 3.16. The topological polar surface area (TPSA) is 58.5 Å². The van der Waals surface area contributed by atoms with Gasteiger partial charge in [0.25, 0.3) is 0 Å². The summed E-state index contributed by atoms with van der Waals surface area (Å²) in [5.41, 5.74) is 2.48. The van der Waals surface area contributed by atoms with Gasteiger partial charge < -0.3 is 4.57 Å². The van der Waals surface area contributed by atoms with Gasteiger partial charge in [-0.1, -0.05) is 66.7 Å². The number of carbonyl (C=O) groups is 1. The molecule has 0 aliphatic carbocycles. The molecule has 0 radical (unpaired) electrons. The Bertz CT molecular complexity index is 850. The minimum Gasteiger partial charge on any atom is -0.313 e. The van der Waals surface area contributed by atoms with Crippen LogP contribution in [0.4, 0.5) is 0 Å². The summed E-state index contributed by atoms with van der Waals surface area (Å²) in [6, 6.07) is 22.1. The molecule has 0 saturated carbocycles. The number of nitrogens with zero attached hydrogens (tertiary/aromatic N) is 1. The summed E-state index contributed by atoms with van der Waals surface area (Å²) in [4.78, 5) is 13.3. The highest BCUT2D eigenvalue weighted by atomic mass is 32.1. The Labute approximate surface area is 150 Å². The van der Waals surface area contributed by atoms with Crippen LogP contribution in [0, 0.1) is 0 Å². The molecule has 0 bridgehead atoms. The van der Waals surface area contributed by atoms with E-state index in [1.165, 1.54) is 11.3 Å². The SMILES string of the molecule is O=C(CP(=O)(c1ccccc1)c1ccccc1)NN=Cc1cccs1. The van der Waals surface area contributed by atoms with Gasteiger partial charge in [0.15, 0.2) is 7.14 Å². The summed E-state index contributed by atoms with van der Waals surface area (Å²) in [7, 11) is -3.06. The van der Waals surface area contributed by atoms with E-state index in [1.807, 2.05) is 53.9 Å². The smallest absolute Gasteiger partial charge is 0.248 e. The molecule has 6 heteroatoms. The van der Waals surface area contributed by atoms with Crippen molar-refractivity contribution in [3.63, 3.8) is 0 Å². The number of rotatable bonds is 6. The summed E-state index contributed by atoms with van der Waals surface area (Å²) < 4.78 is 13.7. The van der Waals surface area contributed by atoms with Gasteiger partial charge in [-0.3, -0.25) is 4.79 Å². The van der Waals surface area contributed by atoms with Gasteiger partial charge in [-0.25, -0.2) is 5.43 Å². The number of benzene rings is 2. The standard InChI is InChI=1S/C19H17N2O2PS/c22-19(21-20-14-18-12-7-13-25-18)15-24(23,16-8-3-1-4-9-16)17-10-5-2-6-11-17/h1-14H,15H2,(H,21,22). The molecule has 3 aromatic rings. The van der Waals surface area contributed by atoms with Crippen molar-refractivity contribution < 1.29 is 9.36 Å². The van der Waals surface area contributed by atoms with E-state index >= 15 is 0 Å². The second-order valence-corrected chi connectivity index (χ2v) is 9.19. The molecule has 3 rings (SSSR count). The number of thiophene rings is 1. The van der Waals surface area contributed by atoms with Gasteiger partial charge in [0, 0.05) is 15.5 Å². The van der Waals surface area contributed by atoms with Gasteiger partial charge >= 0.3 is 0 Å².